The summed E-state index contributed by atoms with van der Waals surface area (Å²) in [5, 5.41) is 12.2. The van der Waals surface area contributed by atoms with E-state index in [-0.39, 0.29) is 36.5 Å². The second-order valence-electron chi connectivity index (χ2n) is 8.43. The van der Waals surface area contributed by atoms with Crippen LogP contribution in [0.15, 0.2) is 24.3 Å². The summed E-state index contributed by atoms with van der Waals surface area (Å²) in [6, 6.07) is 6.98. The van der Waals surface area contributed by atoms with Crippen molar-refractivity contribution < 1.29 is 14.4 Å². The predicted molar refractivity (Wildman–Crippen MR) is 114 cm³/mol. The molecule has 2 aliphatic rings. The Balaban J connectivity index is 1.81. The van der Waals surface area contributed by atoms with Gasteiger partial charge >= 0.3 is 0 Å². The van der Waals surface area contributed by atoms with Crippen LogP contribution in [-0.4, -0.2) is 45.0 Å². The molecule has 0 saturated carbocycles. The molecule has 3 amide bonds. The largest absolute Gasteiger partial charge is 0.307 e. The van der Waals surface area contributed by atoms with E-state index < -0.39 is 11.6 Å². The number of hydrogen-bond acceptors (Lipinski definition) is 6. The predicted octanol–water partition coefficient (Wildman–Crippen LogP) is 3.24. The Morgan fingerprint density at radius 1 is 1.20 bits per heavy atom. The summed E-state index contributed by atoms with van der Waals surface area (Å²) < 4.78 is 0. The number of hydrogen-bond donors (Lipinski definition) is 1. The highest BCUT2D eigenvalue weighted by atomic mass is 32.1. The molecule has 1 aromatic heterocycles. The first kappa shape index (κ1) is 20.5. The highest BCUT2D eigenvalue weighted by Crippen LogP contribution is 2.45. The fourth-order valence-corrected chi connectivity index (χ4v) is 4.86. The maximum atomic E-state index is 13.7. The van der Waals surface area contributed by atoms with Gasteiger partial charge in [-0.05, 0) is 18.1 Å². The molecular formula is C21H25N5O3S. The van der Waals surface area contributed by atoms with Crippen molar-refractivity contribution >= 4 is 39.9 Å². The van der Waals surface area contributed by atoms with Crippen LogP contribution in [0.1, 0.15) is 61.8 Å². The quantitative estimate of drug-likeness (QED) is 0.790. The SMILES string of the molecule is CC(C)CN1C(=O)c2ccccc2N2C(=O)CCC12C(=O)Nc1nnc(C(C)C)s1. The monoisotopic (exact) mass is 427 g/mol. The summed E-state index contributed by atoms with van der Waals surface area (Å²) in [7, 11) is 0. The van der Waals surface area contributed by atoms with E-state index in [1.807, 2.05) is 27.7 Å². The van der Waals surface area contributed by atoms with Crippen LogP contribution in [0.3, 0.4) is 0 Å². The number of aromatic nitrogens is 2. The zero-order chi connectivity index (χ0) is 21.6. The third kappa shape index (κ3) is 3.08. The molecule has 9 heteroatoms. The molecule has 30 heavy (non-hydrogen) atoms. The van der Waals surface area contributed by atoms with E-state index in [0.717, 1.165) is 5.01 Å². The van der Waals surface area contributed by atoms with Crippen molar-refractivity contribution in [3.8, 4) is 0 Å². The maximum Gasteiger partial charge on any atom is 0.273 e. The number of carbonyl (C=O) groups is 3. The lowest BCUT2D eigenvalue weighted by molar-refractivity contribution is -0.129. The Bertz CT molecular complexity index is 1020. The summed E-state index contributed by atoms with van der Waals surface area (Å²) in [5.74, 6) is -0.519. The average molecular weight is 428 g/mol. The Labute approximate surface area is 179 Å². The molecule has 2 aromatic rings. The number of fused-ring (bicyclic) bond motifs is 3. The number of anilines is 2. The van der Waals surface area contributed by atoms with E-state index in [1.54, 1.807) is 29.2 Å². The topological polar surface area (TPSA) is 95.5 Å². The van der Waals surface area contributed by atoms with E-state index in [0.29, 0.717) is 22.9 Å². The van der Waals surface area contributed by atoms with Gasteiger partial charge in [0.2, 0.25) is 16.7 Å². The zero-order valence-corrected chi connectivity index (χ0v) is 18.3. The van der Waals surface area contributed by atoms with Gasteiger partial charge in [-0.25, -0.2) is 0 Å². The van der Waals surface area contributed by atoms with Crippen LogP contribution in [-0.2, 0) is 9.59 Å². The second-order valence-corrected chi connectivity index (χ2v) is 9.44. The molecule has 1 N–H and O–H groups in total. The van der Waals surface area contributed by atoms with E-state index in [4.69, 9.17) is 0 Å². The lowest BCUT2D eigenvalue weighted by atomic mass is 9.94. The summed E-state index contributed by atoms with van der Waals surface area (Å²) >= 11 is 1.31. The first-order valence-corrected chi connectivity index (χ1v) is 11.0. The maximum absolute atomic E-state index is 13.7. The van der Waals surface area contributed by atoms with Gasteiger partial charge < -0.3 is 4.90 Å². The standard InChI is InChI=1S/C21H25N5O3S/c1-12(2)11-25-18(28)14-7-5-6-8-15(14)26-16(27)9-10-21(25,26)19(29)22-20-24-23-17(30-20)13(3)4/h5-8,12-13H,9-11H2,1-4H3,(H,22,24,29). The molecule has 3 heterocycles. The average Bonchev–Trinajstić information content (AvgIpc) is 3.30. The van der Waals surface area contributed by atoms with Gasteiger partial charge in [0, 0.05) is 25.3 Å². The minimum absolute atomic E-state index is 0.121. The van der Waals surface area contributed by atoms with Crippen LogP contribution < -0.4 is 10.2 Å². The van der Waals surface area contributed by atoms with Crippen LogP contribution in [0.4, 0.5) is 10.8 Å². The third-order valence-corrected chi connectivity index (χ3v) is 6.58. The van der Waals surface area contributed by atoms with Gasteiger partial charge in [-0.3, -0.25) is 24.6 Å². The molecule has 1 saturated heterocycles. The van der Waals surface area contributed by atoms with Gasteiger partial charge in [0.25, 0.3) is 11.8 Å². The first-order valence-electron chi connectivity index (χ1n) is 10.1. The highest BCUT2D eigenvalue weighted by molar-refractivity contribution is 7.15. The van der Waals surface area contributed by atoms with Gasteiger partial charge in [-0.15, -0.1) is 10.2 Å². The van der Waals surface area contributed by atoms with E-state index in [2.05, 4.69) is 15.5 Å². The van der Waals surface area contributed by atoms with Gasteiger partial charge in [0.15, 0.2) is 0 Å². The molecule has 8 nitrogen and oxygen atoms in total. The lowest BCUT2D eigenvalue weighted by Crippen LogP contribution is -2.69. The van der Waals surface area contributed by atoms with Crippen LogP contribution >= 0.6 is 11.3 Å². The summed E-state index contributed by atoms with van der Waals surface area (Å²) in [5.41, 5.74) is -0.480. The van der Waals surface area contributed by atoms with Crippen LogP contribution in [0, 0.1) is 5.92 Å². The van der Waals surface area contributed by atoms with Crippen molar-refractivity contribution in [2.24, 2.45) is 5.92 Å². The fraction of sp³-hybridized carbons (Fsp3) is 0.476. The number of para-hydroxylation sites is 1. The van der Waals surface area contributed by atoms with E-state index in [1.165, 1.54) is 16.2 Å². The molecule has 1 unspecified atom stereocenters. The van der Waals surface area contributed by atoms with Crippen LogP contribution in [0.5, 0.6) is 0 Å². The normalized spacial score (nSPS) is 20.7. The third-order valence-electron chi connectivity index (χ3n) is 5.44. The van der Waals surface area contributed by atoms with Gasteiger partial charge in [0.05, 0.1) is 11.3 Å². The zero-order valence-electron chi connectivity index (χ0n) is 17.5. The molecule has 0 spiro atoms. The van der Waals surface area contributed by atoms with E-state index in [9.17, 15) is 14.4 Å². The summed E-state index contributed by atoms with van der Waals surface area (Å²) in [4.78, 5) is 43.1. The fourth-order valence-electron chi connectivity index (χ4n) is 4.12. The van der Waals surface area contributed by atoms with Crippen molar-refractivity contribution in [1.82, 2.24) is 15.1 Å². The molecular weight excluding hydrogens is 402 g/mol. The van der Waals surface area contributed by atoms with Crippen molar-refractivity contribution in [1.29, 1.82) is 0 Å². The number of rotatable bonds is 5. The molecule has 0 aliphatic carbocycles. The number of carbonyl (C=O) groups excluding carboxylic acids is 3. The lowest BCUT2D eigenvalue weighted by Gasteiger charge is -2.49. The van der Waals surface area contributed by atoms with Crippen molar-refractivity contribution in [3.63, 3.8) is 0 Å². The molecule has 158 valence electrons. The van der Waals surface area contributed by atoms with Gasteiger partial charge in [0.1, 0.15) is 5.01 Å². The Morgan fingerprint density at radius 3 is 2.60 bits per heavy atom. The number of benzene rings is 1. The number of nitrogens with zero attached hydrogens (tertiary/aromatic N) is 4. The second kappa shape index (κ2) is 7.46. The minimum Gasteiger partial charge on any atom is -0.307 e. The molecule has 2 aliphatic heterocycles. The van der Waals surface area contributed by atoms with Crippen LogP contribution in [0.25, 0.3) is 0 Å². The molecule has 0 bridgehead atoms. The molecule has 0 radical (unpaired) electrons. The van der Waals surface area contributed by atoms with Crippen molar-refractivity contribution in [2.45, 2.75) is 52.1 Å². The first-order chi connectivity index (χ1) is 14.3. The molecule has 4 rings (SSSR count). The summed E-state index contributed by atoms with van der Waals surface area (Å²) in [6.45, 7) is 8.34. The Morgan fingerprint density at radius 2 is 1.93 bits per heavy atom. The van der Waals surface area contributed by atoms with Gasteiger partial charge in [-0.2, -0.15) is 0 Å². The van der Waals surface area contributed by atoms with Crippen molar-refractivity contribution in [2.75, 3.05) is 16.8 Å². The number of amides is 3. The summed E-state index contributed by atoms with van der Waals surface area (Å²) in [6.07, 6.45) is 0.428. The minimum atomic E-state index is -1.41. The van der Waals surface area contributed by atoms with Gasteiger partial charge in [-0.1, -0.05) is 51.2 Å². The molecule has 1 atom stereocenters. The van der Waals surface area contributed by atoms with Crippen molar-refractivity contribution in [3.05, 3.63) is 34.8 Å². The molecule has 1 aromatic carbocycles. The Hall–Kier alpha value is -2.81. The molecule has 1 fully saturated rings. The number of nitrogens with one attached hydrogen (secondary N) is 1. The van der Waals surface area contributed by atoms with E-state index >= 15 is 0 Å². The smallest absolute Gasteiger partial charge is 0.273 e. The highest BCUT2D eigenvalue weighted by Gasteiger charge is 2.60. The van der Waals surface area contributed by atoms with Crippen LogP contribution in [0.2, 0.25) is 0 Å². The Kier molecular flexibility index (Phi) is 5.09.